The van der Waals surface area contributed by atoms with Gasteiger partial charge in [0.15, 0.2) is 11.2 Å². The Kier molecular flexibility index (Phi) is 5.62. The van der Waals surface area contributed by atoms with E-state index < -0.39 is 5.69 Å². The van der Waals surface area contributed by atoms with Gasteiger partial charge in [0, 0.05) is 20.6 Å². The maximum Gasteiger partial charge on any atom is 0.332 e. The lowest BCUT2D eigenvalue weighted by Crippen LogP contribution is -2.37. The van der Waals surface area contributed by atoms with Gasteiger partial charge in [-0.1, -0.05) is 13.3 Å². The minimum Gasteiger partial charge on any atom is -0.497 e. The number of imidazole rings is 1. The molecule has 0 saturated carbocycles. The molecule has 0 spiro atoms. The Morgan fingerprint density at radius 3 is 2.54 bits per heavy atom. The Hall–Kier alpha value is -3.36. The highest BCUT2D eigenvalue weighted by Gasteiger charge is 2.18. The van der Waals surface area contributed by atoms with E-state index in [1.165, 1.54) is 11.6 Å². The summed E-state index contributed by atoms with van der Waals surface area (Å²) >= 11 is 0. The first-order valence-electron chi connectivity index (χ1n) is 9.07. The molecule has 0 aliphatic rings. The van der Waals surface area contributed by atoms with Gasteiger partial charge >= 0.3 is 5.69 Å². The summed E-state index contributed by atoms with van der Waals surface area (Å²) in [7, 11) is 4.69. The van der Waals surface area contributed by atoms with Gasteiger partial charge < -0.3 is 9.30 Å². The number of hydrogen-bond acceptors (Lipinski definition) is 6. The molecule has 0 aliphatic carbocycles. The Labute approximate surface area is 161 Å². The maximum atomic E-state index is 12.7. The highest BCUT2D eigenvalue weighted by atomic mass is 16.5. The van der Waals surface area contributed by atoms with E-state index in [4.69, 9.17) is 4.74 Å². The highest BCUT2D eigenvalue weighted by Crippen LogP contribution is 2.17. The molecule has 148 valence electrons. The average Bonchev–Trinajstić information content (AvgIpc) is 3.08. The van der Waals surface area contributed by atoms with Gasteiger partial charge in [-0.3, -0.25) is 13.9 Å². The Morgan fingerprint density at radius 1 is 1.18 bits per heavy atom. The van der Waals surface area contributed by atoms with Crippen molar-refractivity contribution in [2.75, 3.05) is 12.5 Å². The molecule has 0 saturated heterocycles. The molecule has 2 aromatic heterocycles. The average molecular weight is 384 g/mol. The SMILES string of the molecule is CCCCn1c(N/N=C/c2ccc(OC)cc2)nc2c1c(=O)n(C)c(=O)n2C. The van der Waals surface area contributed by atoms with Crippen molar-refractivity contribution >= 4 is 23.3 Å². The lowest BCUT2D eigenvalue weighted by atomic mass is 10.2. The summed E-state index contributed by atoms with van der Waals surface area (Å²) in [6.45, 7) is 2.67. The number of nitrogens with zero attached hydrogens (tertiary/aromatic N) is 5. The lowest BCUT2D eigenvalue weighted by Gasteiger charge is -2.08. The molecule has 0 amide bonds. The lowest BCUT2D eigenvalue weighted by molar-refractivity contribution is 0.415. The second-order valence-electron chi connectivity index (χ2n) is 6.46. The molecule has 9 nitrogen and oxygen atoms in total. The van der Waals surface area contributed by atoms with Crippen LogP contribution in [0.4, 0.5) is 5.95 Å². The van der Waals surface area contributed by atoms with Gasteiger partial charge in [-0.15, -0.1) is 0 Å². The summed E-state index contributed by atoms with van der Waals surface area (Å²) in [5, 5.41) is 4.24. The number of benzene rings is 1. The fourth-order valence-electron chi connectivity index (χ4n) is 2.92. The fourth-order valence-corrected chi connectivity index (χ4v) is 2.92. The van der Waals surface area contributed by atoms with Crippen LogP contribution in [-0.2, 0) is 20.6 Å². The molecule has 0 bridgehead atoms. The predicted molar refractivity (Wildman–Crippen MR) is 109 cm³/mol. The van der Waals surface area contributed by atoms with Crippen molar-refractivity contribution < 1.29 is 4.74 Å². The second kappa shape index (κ2) is 8.12. The van der Waals surface area contributed by atoms with Crippen molar-refractivity contribution in [1.82, 2.24) is 18.7 Å². The van der Waals surface area contributed by atoms with Gasteiger partial charge in [-0.25, -0.2) is 10.2 Å². The Bertz CT molecular complexity index is 1120. The Morgan fingerprint density at radius 2 is 1.89 bits per heavy atom. The van der Waals surface area contributed by atoms with Crippen molar-refractivity contribution in [3.8, 4) is 5.75 Å². The van der Waals surface area contributed by atoms with Crippen molar-refractivity contribution in [2.24, 2.45) is 19.2 Å². The van der Waals surface area contributed by atoms with Crippen molar-refractivity contribution in [3.63, 3.8) is 0 Å². The van der Waals surface area contributed by atoms with Crippen LogP contribution in [0.1, 0.15) is 25.3 Å². The van der Waals surface area contributed by atoms with E-state index in [2.05, 4.69) is 22.4 Å². The molecule has 3 aromatic rings. The third-order valence-electron chi connectivity index (χ3n) is 4.58. The van der Waals surface area contributed by atoms with E-state index in [-0.39, 0.29) is 5.56 Å². The van der Waals surface area contributed by atoms with Crippen molar-refractivity contribution in [1.29, 1.82) is 0 Å². The smallest absolute Gasteiger partial charge is 0.332 e. The van der Waals surface area contributed by atoms with Crippen LogP contribution in [0.5, 0.6) is 5.75 Å². The third kappa shape index (κ3) is 3.55. The number of unbranched alkanes of at least 4 members (excludes halogenated alkanes) is 1. The summed E-state index contributed by atoms with van der Waals surface area (Å²) in [5.41, 5.74) is 3.74. The predicted octanol–water partition coefficient (Wildman–Crippen LogP) is 1.69. The minimum atomic E-state index is -0.411. The zero-order valence-corrected chi connectivity index (χ0v) is 16.5. The molecule has 0 aliphatic heterocycles. The topological polar surface area (TPSA) is 95.4 Å². The largest absolute Gasteiger partial charge is 0.497 e. The van der Waals surface area contributed by atoms with E-state index in [0.717, 1.165) is 28.7 Å². The van der Waals surface area contributed by atoms with Gasteiger partial charge in [0.05, 0.1) is 13.3 Å². The summed E-state index contributed by atoms with van der Waals surface area (Å²) in [4.78, 5) is 29.3. The monoisotopic (exact) mass is 384 g/mol. The number of anilines is 1. The van der Waals surface area contributed by atoms with E-state index >= 15 is 0 Å². The number of aromatic nitrogens is 4. The van der Waals surface area contributed by atoms with Crippen LogP contribution in [0, 0.1) is 0 Å². The second-order valence-corrected chi connectivity index (χ2v) is 6.46. The molecule has 0 fully saturated rings. The summed E-state index contributed by atoms with van der Waals surface area (Å²) in [5.74, 6) is 1.19. The van der Waals surface area contributed by atoms with Gasteiger partial charge in [-0.05, 0) is 36.2 Å². The first-order valence-corrected chi connectivity index (χ1v) is 9.07. The Balaban J connectivity index is 2.00. The van der Waals surface area contributed by atoms with Crippen LogP contribution >= 0.6 is 0 Å². The van der Waals surface area contributed by atoms with Crippen LogP contribution in [0.25, 0.3) is 11.2 Å². The van der Waals surface area contributed by atoms with E-state index in [9.17, 15) is 9.59 Å². The molecular weight excluding hydrogens is 360 g/mol. The van der Waals surface area contributed by atoms with Crippen LogP contribution in [0.3, 0.4) is 0 Å². The number of ether oxygens (including phenoxy) is 1. The van der Waals surface area contributed by atoms with Gasteiger partial charge in [-0.2, -0.15) is 10.1 Å². The normalized spacial score (nSPS) is 11.4. The molecule has 1 aromatic carbocycles. The third-order valence-corrected chi connectivity index (χ3v) is 4.58. The molecule has 2 heterocycles. The fraction of sp³-hybridized carbons (Fsp3) is 0.368. The van der Waals surface area contributed by atoms with Crippen LogP contribution < -0.4 is 21.4 Å². The van der Waals surface area contributed by atoms with E-state index in [1.807, 2.05) is 24.3 Å². The quantitative estimate of drug-likeness (QED) is 0.494. The van der Waals surface area contributed by atoms with E-state index in [1.54, 1.807) is 24.9 Å². The number of nitrogens with one attached hydrogen (secondary N) is 1. The number of hydrazone groups is 1. The number of fused-ring (bicyclic) bond motifs is 1. The molecule has 1 N–H and O–H groups in total. The zero-order valence-electron chi connectivity index (χ0n) is 16.5. The molecule has 0 atom stereocenters. The minimum absolute atomic E-state index is 0.339. The van der Waals surface area contributed by atoms with E-state index in [0.29, 0.717) is 23.7 Å². The summed E-state index contributed by atoms with van der Waals surface area (Å²) in [6, 6.07) is 7.45. The standard InChI is InChI=1S/C19H24N6O3/c1-5-6-11-25-15-16(23(2)19(27)24(3)17(15)26)21-18(25)22-20-12-13-7-9-14(28-4)10-8-13/h7-10,12H,5-6,11H2,1-4H3,(H,21,22)/b20-12+. The number of hydrogen-bond donors (Lipinski definition) is 1. The summed E-state index contributed by atoms with van der Waals surface area (Å²) in [6.07, 6.45) is 3.48. The molecule has 3 rings (SSSR count). The number of methoxy groups -OCH3 is 1. The first kappa shape index (κ1) is 19.4. The molecule has 0 radical (unpaired) electrons. The first-order chi connectivity index (χ1) is 13.5. The van der Waals surface area contributed by atoms with Gasteiger partial charge in [0.25, 0.3) is 5.56 Å². The molecular formula is C19H24N6O3. The molecule has 0 unspecified atom stereocenters. The van der Waals surface area contributed by atoms with Crippen molar-refractivity contribution in [3.05, 3.63) is 50.7 Å². The van der Waals surface area contributed by atoms with Gasteiger partial charge in [0.2, 0.25) is 5.95 Å². The van der Waals surface area contributed by atoms with Crippen LogP contribution in [0.2, 0.25) is 0 Å². The van der Waals surface area contributed by atoms with Crippen LogP contribution in [0.15, 0.2) is 39.0 Å². The molecule has 28 heavy (non-hydrogen) atoms. The maximum absolute atomic E-state index is 12.7. The van der Waals surface area contributed by atoms with Crippen LogP contribution in [-0.4, -0.2) is 32.0 Å². The van der Waals surface area contributed by atoms with Crippen molar-refractivity contribution in [2.45, 2.75) is 26.3 Å². The zero-order chi connectivity index (χ0) is 20.3. The summed E-state index contributed by atoms with van der Waals surface area (Å²) < 4.78 is 9.39. The highest BCUT2D eigenvalue weighted by molar-refractivity contribution is 5.80. The molecule has 9 heteroatoms. The number of rotatable bonds is 7. The van der Waals surface area contributed by atoms with Gasteiger partial charge in [0.1, 0.15) is 5.75 Å². The number of aryl methyl sites for hydroxylation is 2.